The summed E-state index contributed by atoms with van der Waals surface area (Å²) in [5, 5.41) is 0. The number of ether oxygens (including phenoxy) is 2. The van der Waals surface area contributed by atoms with Gasteiger partial charge in [-0.2, -0.15) is 0 Å². The van der Waals surface area contributed by atoms with Crippen molar-refractivity contribution < 1.29 is 14.3 Å². The van der Waals surface area contributed by atoms with Crippen LogP contribution >= 0.6 is 0 Å². The molecule has 2 aromatic rings. The van der Waals surface area contributed by atoms with Crippen LogP contribution in [0.15, 0.2) is 54.6 Å². The molecule has 0 unspecified atom stereocenters. The van der Waals surface area contributed by atoms with Gasteiger partial charge in [-0.15, -0.1) is 0 Å². The van der Waals surface area contributed by atoms with Crippen molar-refractivity contribution in [2.45, 2.75) is 45.1 Å². The second-order valence-electron chi connectivity index (χ2n) is 7.30. The van der Waals surface area contributed by atoms with Gasteiger partial charge in [-0.25, -0.2) is 0 Å². The number of nitrogens with zero attached hydrogens (tertiary/aromatic N) is 1. The number of hydrogen-bond donors (Lipinski definition) is 0. The minimum absolute atomic E-state index is 0.0924. The summed E-state index contributed by atoms with van der Waals surface area (Å²) in [6.45, 7) is 4.78. The molecule has 0 amide bonds. The van der Waals surface area contributed by atoms with Crippen molar-refractivity contribution in [1.82, 2.24) is 4.90 Å². The Morgan fingerprint density at radius 1 is 0.964 bits per heavy atom. The van der Waals surface area contributed by atoms with Crippen LogP contribution in [0.2, 0.25) is 0 Å². The first-order chi connectivity index (χ1) is 13.7. The van der Waals surface area contributed by atoms with E-state index >= 15 is 0 Å². The lowest BCUT2D eigenvalue weighted by Crippen LogP contribution is -2.31. The number of carbonyl (C=O) groups is 1. The zero-order chi connectivity index (χ0) is 19.6. The molecular formula is C24H31NO3. The maximum Gasteiger partial charge on any atom is 0.307 e. The molecule has 0 saturated heterocycles. The molecule has 150 valence electrons. The molecule has 1 aliphatic rings. The molecule has 4 nitrogen and oxygen atoms in total. The second-order valence-corrected chi connectivity index (χ2v) is 7.30. The SMILES string of the molecule is CCOC(=O)CCN(CCc1ccc(OCCc2ccccc2)cc1)C1CC1. The number of hydrogen-bond acceptors (Lipinski definition) is 4. The fourth-order valence-corrected chi connectivity index (χ4v) is 3.34. The summed E-state index contributed by atoms with van der Waals surface area (Å²) < 4.78 is 10.9. The van der Waals surface area contributed by atoms with E-state index in [9.17, 15) is 4.79 Å². The van der Waals surface area contributed by atoms with E-state index in [-0.39, 0.29) is 5.97 Å². The van der Waals surface area contributed by atoms with Crippen molar-refractivity contribution in [2.24, 2.45) is 0 Å². The molecule has 0 heterocycles. The van der Waals surface area contributed by atoms with Gasteiger partial charge in [0.1, 0.15) is 5.75 Å². The Balaban J connectivity index is 1.39. The van der Waals surface area contributed by atoms with E-state index in [1.165, 1.54) is 24.0 Å². The van der Waals surface area contributed by atoms with Gasteiger partial charge in [0.2, 0.25) is 0 Å². The molecule has 0 spiro atoms. The minimum atomic E-state index is -0.0924. The third kappa shape index (κ3) is 7.01. The van der Waals surface area contributed by atoms with Crippen LogP contribution in [-0.2, 0) is 22.4 Å². The molecule has 1 fully saturated rings. The van der Waals surface area contributed by atoms with Gasteiger partial charge in [-0.3, -0.25) is 9.69 Å². The Bertz CT molecular complexity index is 710. The lowest BCUT2D eigenvalue weighted by Gasteiger charge is -2.21. The fraction of sp³-hybridized carbons (Fsp3) is 0.458. The lowest BCUT2D eigenvalue weighted by molar-refractivity contribution is -0.143. The molecule has 0 N–H and O–H groups in total. The van der Waals surface area contributed by atoms with Crippen LogP contribution in [0.25, 0.3) is 0 Å². The van der Waals surface area contributed by atoms with Crippen LogP contribution in [0.4, 0.5) is 0 Å². The Kier molecular flexibility index (Phi) is 7.92. The van der Waals surface area contributed by atoms with Gasteiger partial charge in [0.05, 0.1) is 19.6 Å². The van der Waals surface area contributed by atoms with Crippen molar-refractivity contribution >= 4 is 5.97 Å². The van der Waals surface area contributed by atoms with Crippen molar-refractivity contribution in [1.29, 1.82) is 0 Å². The fourth-order valence-electron chi connectivity index (χ4n) is 3.34. The molecule has 28 heavy (non-hydrogen) atoms. The third-order valence-electron chi connectivity index (χ3n) is 5.09. The summed E-state index contributed by atoms with van der Waals surface area (Å²) in [7, 11) is 0. The normalized spacial score (nSPS) is 13.5. The number of rotatable bonds is 12. The summed E-state index contributed by atoms with van der Waals surface area (Å²) in [6.07, 6.45) is 4.88. The maximum absolute atomic E-state index is 11.6. The highest BCUT2D eigenvalue weighted by Gasteiger charge is 2.28. The van der Waals surface area contributed by atoms with Gasteiger partial charge < -0.3 is 9.47 Å². The van der Waals surface area contributed by atoms with Crippen LogP contribution in [0.1, 0.15) is 37.3 Å². The van der Waals surface area contributed by atoms with Gasteiger partial charge in [-0.05, 0) is 49.4 Å². The van der Waals surface area contributed by atoms with Crippen LogP contribution in [0, 0.1) is 0 Å². The quantitative estimate of drug-likeness (QED) is 0.515. The average molecular weight is 382 g/mol. The summed E-state index contributed by atoms with van der Waals surface area (Å²) in [6, 6.07) is 19.5. The van der Waals surface area contributed by atoms with Gasteiger partial charge in [0, 0.05) is 25.6 Å². The van der Waals surface area contributed by atoms with Gasteiger partial charge >= 0.3 is 5.97 Å². The Morgan fingerprint density at radius 3 is 2.36 bits per heavy atom. The molecule has 2 aromatic carbocycles. The molecule has 0 aromatic heterocycles. The Morgan fingerprint density at radius 2 is 1.68 bits per heavy atom. The molecule has 0 atom stereocenters. The van der Waals surface area contributed by atoms with Crippen LogP contribution in [0.5, 0.6) is 5.75 Å². The van der Waals surface area contributed by atoms with E-state index in [0.29, 0.717) is 25.7 Å². The van der Waals surface area contributed by atoms with Crippen molar-refractivity contribution in [2.75, 3.05) is 26.3 Å². The van der Waals surface area contributed by atoms with Gasteiger partial charge in [-0.1, -0.05) is 42.5 Å². The summed E-state index contributed by atoms with van der Waals surface area (Å²) in [5.74, 6) is 0.825. The van der Waals surface area contributed by atoms with E-state index in [4.69, 9.17) is 9.47 Å². The largest absolute Gasteiger partial charge is 0.493 e. The molecule has 0 radical (unpaired) electrons. The van der Waals surface area contributed by atoms with E-state index in [2.05, 4.69) is 53.4 Å². The molecule has 0 aliphatic heterocycles. The predicted molar refractivity (Wildman–Crippen MR) is 112 cm³/mol. The Hall–Kier alpha value is -2.33. The van der Waals surface area contributed by atoms with E-state index < -0.39 is 0 Å². The van der Waals surface area contributed by atoms with Crippen molar-refractivity contribution in [3.05, 3.63) is 65.7 Å². The zero-order valence-corrected chi connectivity index (χ0v) is 16.8. The van der Waals surface area contributed by atoms with Crippen LogP contribution < -0.4 is 4.74 Å². The Labute approximate surface area is 168 Å². The van der Waals surface area contributed by atoms with Crippen molar-refractivity contribution in [3.63, 3.8) is 0 Å². The summed E-state index contributed by atoms with van der Waals surface area (Å²) in [4.78, 5) is 14.0. The summed E-state index contributed by atoms with van der Waals surface area (Å²) in [5.41, 5.74) is 2.60. The van der Waals surface area contributed by atoms with E-state index in [1.54, 1.807) is 0 Å². The predicted octanol–water partition coefficient (Wildman–Crippen LogP) is 4.27. The second kappa shape index (κ2) is 10.9. The monoisotopic (exact) mass is 381 g/mol. The number of benzene rings is 2. The first-order valence-corrected chi connectivity index (χ1v) is 10.4. The number of carbonyl (C=O) groups excluding carboxylic acids is 1. The van der Waals surface area contributed by atoms with Crippen molar-refractivity contribution in [3.8, 4) is 5.75 Å². The number of esters is 1. The standard InChI is InChI=1S/C24H31NO3/c1-2-27-24(26)15-18-25(22-10-11-22)17-14-21-8-12-23(13-9-21)28-19-16-20-6-4-3-5-7-20/h3-9,12-13,22H,2,10-11,14-19H2,1H3. The highest BCUT2D eigenvalue weighted by molar-refractivity contribution is 5.69. The van der Waals surface area contributed by atoms with E-state index in [1.807, 2.05) is 13.0 Å². The van der Waals surface area contributed by atoms with Gasteiger partial charge in [0.25, 0.3) is 0 Å². The molecule has 3 rings (SSSR count). The first kappa shape index (κ1) is 20.4. The third-order valence-corrected chi connectivity index (χ3v) is 5.09. The minimum Gasteiger partial charge on any atom is -0.493 e. The maximum atomic E-state index is 11.6. The summed E-state index contributed by atoms with van der Waals surface area (Å²) >= 11 is 0. The van der Waals surface area contributed by atoms with Crippen LogP contribution in [-0.4, -0.2) is 43.2 Å². The molecule has 1 saturated carbocycles. The lowest BCUT2D eigenvalue weighted by atomic mass is 10.1. The van der Waals surface area contributed by atoms with E-state index in [0.717, 1.165) is 31.7 Å². The highest BCUT2D eigenvalue weighted by Crippen LogP contribution is 2.27. The molecule has 4 heteroatoms. The van der Waals surface area contributed by atoms with Gasteiger partial charge in [0.15, 0.2) is 0 Å². The van der Waals surface area contributed by atoms with Crippen LogP contribution in [0.3, 0.4) is 0 Å². The average Bonchev–Trinajstić information content (AvgIpc) is 3.55. The zero-order valence-electron chi connectivity index (χ0n) is 16.8. The topological polar surface area (TPSA) is 38.8 Å². The highest BCUT2D eigenvalue weighted by atomic mass is 16.5. The molecule has 0 bridgehead atoms. The first-order valence-electron chi connectivity index (χ1n) is 10.4. The molecule has 1 aliphatic carbocycles. The molecular weight excluding hydrogens is 350 g/mol. The smallest absolute Gasteiger partial charge is 0.307 e.